The van der Waals surface area contributed by atoms with E-state index in [9.17, 15) is 9.90 Å². The number of aliphatic hydroxyl groups is 1. The van der Waals surface area contributed by atoms with E-state index < -0.39 is 14.3 Å². The molecule has 0 aliphatic carbocycles. The number of hydrogen-bond donors (Lipinski definition) is 1. The molecule has 6 nitrogen and oxygen atoms in total. The summed E-state index contributed by atoms with van der Waals surface area (Å²) in [4.78, 5) is 17.7. The number of carbonyl (C=O) groups excluding carboxylic acids is 1. The van der Waals surface area contributed by atoms with Crippen molar-refractivity contribution in [2.75, 3.05) is 13.2 Å². The normalized spacial score (nSPS) is 14.7. The number of carbonyl (C=O) groups is 1. The minimum absolute atomic E-state index is 0.0433. The molecule has 0 bridgehead atoms. The van der Waals surface area contributed by atoms with Gasteiger partial charge in [-0.3, -0.25) is 4.99 Å². The number of hydrogen-bond acceptors (Lipinski definition) is 6. The summed E-state index contributed by atoms with van der Waals surface area (Å²) in [7, 11) is -2.01. The first-order chi connectivity index (χ1) is 16.7. The van der Waals surface area contributed by atoms with Gasteiger partial charge in [-0.15, -0.1) is 0 Å². The maximum absolute atomic E-state index is 12.9. The monoisotopic (exact) mass is 777 g/mol. The molecule has 210 valence electrons. The van der Waals surface area contributed by atoms with E-state index in [4.69, 9.17) is 30.5 Å². The first-order valence-corrected chi connectivity index (χ1v) is 17.8. The first-order valence-electron chi connectivity index (χ1n) is 12.4. The number of rotatable bonds is 10. The van der Waals surface area contributed by atoms with Gasteiger partial charge in [0.1, 0.15) is 17.1 Å². The first kappa shape index (κ1) is 34.7. The van der Waals surface area contributed by atoms with Crippen molar-refractivity contribution in [3.05, 3.63) is 29.4 Å². The molecule has 0 aromatic heterocycles. The standard InChI is InChI=1S/C27H42ClI2NO5Si/c1-12-34-25(33)18(14-31-20(26(4,5)6)15-35-37(10,11)27(7,8)9)23(32)17-13-19(29)24(36-16(2)3)22(30)21(17)28/h13-14,16,20,32H,12,15H2,1-11H3/b23-18+,31-14?/t20-/m1/s1. The van der Waals surface area contributed by atoms with Crippen molar-refractivity contribution in [3.8, 4) is 5.75 Å². The van der Waals surface area contributed by atoms with Crippen molar-refractivity contribution >= 4 is 83.0 Å². The van der Waals surface area contributed by atoms with Gasteiger partial charge in [-0.05, 0) is 95.6 Å². The Hall–Kier alpha value is -0.373. The molecule has 0 saturated heterocycles. The minimum atomic E-state index is -2.01. The number of ether oxygens (including phenoxy) is 2. The van der Waals surface area contributed by atoms with Crippen molar-refractivity contribution in [1.82, 2.24) is 0 Å². The van der Waals surface area contributed by atoms with Gasteiger partial charge in [-0.25, -0.2) is 4.79 Å². The largest absolute Gasteiger partial charge is 0.506 e. The Labute approximate surface area is 256 Å². The maximum Gasteiger partial charge on any atom is 0.343 e. The van der Waals surface area contributed by atoms with E-state index in [2.05, 4.69) is 99.8 Å². The second-order valence-corrected chi connectivity index (χ2v) is 19.2. The van der Waals surface area contributed by atoms with Gasteiger partial charge in [0.15, 0.2) is 8.32 Å². The van der Waals surface area contributed by atoms with Gasteiger partial charge in [-0.2, -0.15) is 0 Å². The highest BCUT2D eigenvalue weighted by atomic mass is 127. The van der Waals surface area contributed by atoms with Gasteiger partial charge in [-0.1, -0.05) is 53.1 Å². The third-order valence-electron chi connectivity index (χ3n) is 6.27. The van der Waals surface area contributed by atoms with E-state index in [1.54, 1.807) is 13.0 Å². The van der Waals surface area contributed by atoms with Gasteiger partial charge in [0.2, 0.25) is 0 Å². The molecule has 10 heteroatoms. The van der Waals surface area contributed by atoms with Crippen LogP contribution >= 0.6 is 56.8 Å². The predicted octanol–water partition coefficient (Wildman–Crippen LogP) is 8.68. The average molecular weight is 778 g/mol. The number of esters is 1. The molecule has 0 unspecified atom stereocenters. The van der Waals surface area contributed by atoms with E-state index in [-0.39, 0.29) is 45.6 Å². The molecule has 0 fully saturated rings. The Morgan fingerprint density at radius 3 is 2.22 bits per heavy atom. The molecule has 1 atom stereocenters. The zero-order valence-electron chi connectivity index (χ0n) is 23.9. The lowest BCUT2D eigenvalue weighted by atomic mass is 9.88. The predicted molar refractivity (Wildman–Crippen MR) is 174 cm³/mol. The zero-order valence-corrected chi connectivity index (χ0v) is 30.0. The number of halogens is 3. The maximum atomic E-state index is 12.9. The van der Waals surface area contributed by atoms with Gasteiger partial charge in [0.25, 0.3) is 0 Å². The van der Waals surface area contributed by atoms with E-state index >= 15 is 0 Å². The van der Waals surface area contributed by atoms with Crippen molar-refractivity contribution in [1.29, 1.82) is 0 Å². The fourth-order valence-corrected chi connectivity index (χ4v) is 6.01. The van der Waals surface area contributed by atoms with Gasteiger partial charge < -0.3 is 19.0 Å². The van der Waals surface area contributed by atoms with E-state index in [0.717, 1.165) is 3.57 Å². The molecule has 0 saturated carbocycles. The second kappa shape index (κ2) is 13.8. The molecular weight excluding hydrogens is 736 g/mol. The van der Waals surface area contributed by atoms with Crippen molar-refractivity contribution < 1.29 is 23.8 Å². The van der Waals surface area contributed by atoms with Crippen LogP contribution in [-0.2, 0) is 14.0 Å². The summed E-state index contributed by atoms with van der Waals surface area (Å²) in [5, 5.41) is 11.6. The van der Waals surface area contributed by atoms with Crippen LogP contribution in [-0.4, -0.2) is 51.0 Å². The topological polar surface area (TPSA) is 77.4 Å². The highest BCUT2D eigenvalue weighted by Gasteiger charge is 2.38. The second-order valence-electron chi connectivity index (χ2n) is 11.7. The molecule has 0 aliphatic heterocycles. The van der Waals surface area contributed by atoms with E-state index in [1.165, 1.54) is 6.21 Å². The number of nitrogens with zero attached hydrogens (tertiary/aromatic N) is 1. The minimum Gasteiger partial charge on any atom is -0.506 e. The lowest BCUT2D eigenvalue weighted by Crippen LogP contribution is -2.44. The number of benzene rings is 1. The summed E-state index contributed by atoms with van der Waals surface area (Å²) in [6.45, 7) is 23.3. The van der Waals surface area contributed by atoms with Crippen LogP contribution in [0.3, 0.4) is 0 Å². The molecule has 37 heavy (non-hydrogen) atoms. The van der Waals surface area contributed by atoms with Crippen molar-refractivity contribution in [3.63, 3.8) is 0 Å². The smallest absolute Gasteiger partial charge is 0.343 e. The molecule has 1 rings (SSSR count). The SMILES string of the molecule is CCOC(=O)/C(C=N[C@H](CO[Si](C)(C)C(C)(C)C)C(C)(C)C)=C(/O)c1cc(I)c(OC(C)C)c(I)c1Cl. The summed E-state index contributed by atoms with van der Waals surface area (Å²) in [5.41, 5.74) is 0.00677. The summed E-state index contributed by atoms with van der Waals surface area (Å²) in [6.07, 6.45) is 1.35. The zero-order chi connectivity index (χ0) is 28.9. The number of aliphatic imine (C=N–C) groups is 1. The van der Waals surface area contributed by atoms with Crippen LogP contribution < -0.4 is 4.74 Å². The highest BCUT2D eigenvalue weighted by molar-refractivity contribution is 14.1. The summed E-state index contributed by atoms with van der Waals surface area (Å²) < 4.78 is 19.0. The molecule has 1 aromatic carbocycles. The van der Waals surface area contributed by atoms with E-state index in [1.807, 2.05) is 13.8 Å². The molecule has 0 spiro atoms. The molecular formula is C27H42ClI2NO5Si. The molecule has 1 aromatic rings. The Bertz CT molecular complexity index is 1030. The average Bonchev–Trinajstić information content (AvgIpc) is 2.74. The molecule has 0 radical (unpaired) electrons. The van der Waals surface area contributed by atoms with Crippen molar-refractivity contribution in [2.45, 2.75) is 92.6 Å². The fraction of sp³-hybridized carbons (Fsp3) is 0.630. The molecule has 0 aliphatic rings. The Morgan fingerprint density at radius 2 is 1.76 bits per heavy atom. The summed E-state index contributed by atoms with van der Waals surface area (Å²) in [6, 6.07) is 1.45. The van der Waals surface area contributed by atoms with Gasteiger partial charge in [0, 0.05) is 11.8 Å². The summed E-state index contributed by atoms with van der Waals surface area (Å²) >= 11 is 10.9. The van der Waals surface area contributed by atoms with Crippen LogP contribution in [0.1, 0.15) is 67.9 Å². The quantitative estimate of drug-likeness (QED) is 0.0490. The van der Waals surface area contributed by atoms with Crippen LogP contribution in [0.15, 0.2) is 16.6 Å². The lowest BCUT2D eigenvalue weighted by Gasteiger charge is -2.38. The fourth-order valence-electron chi connectivity index (χ4n) is 2.84. The number of aliphatic hydroxyl groups excluding tert-OH is 1. The van der Waals surface area contributed by atoms with Crippen LogP contribution in [0.4, 0.5) is 0 Å². The summed E-state index contributed by atoms with van der Waals surface area (Å²) in [5.74, 6) is -0.331. The van der Waals surface area contributed by atoms with Crippen molar-refractivity contribution in [2.24, 2.45) is 10.4 Å². The van der Waals surface area contributed by atoms with Crippen LogP contribution in [0.25, 0.3) is 5.76 Å². The Morgan fingerprint density at radius 1 is 1.19 bits per heavy atom. The van der Waals surface area contributed by atoms with Crippen LogP contribution in [0.2, 0.25) is 23.2 Å². The third-order valence-corrected chi connectivity index (χ3v) is 13.3. The van der Waals surface area contributed by atoms with Gasteiger partial charge >= 0.3 is 5.97 Å². The van der Waals surface area contributed by atoms with E-state index in [0.29, 0.717) is 21.5 Å². The third kappa shape index (κ3) is 9.65. The molecule has 0 amide bonds. The Kier molecular flexibility index (Phi) is 12.9. The molecule has 0 heterocycles. The van der Waals surface area contributed by atoms with Crippen LogP contribution in [0, 0.1) is 12.6 Å². The highest BCUT2D eigenvalue weighted by Crippen LogP contribution is 2.40. The van der Waals surface area contributed by atoms with Crippen LogP contribution in [0.5, 0.6) is 5.75 Å². The van der Waals surface area contributed by atoms with Gasteiger partial charge in [0.05, 0.1) is 37.5 Å². The lowest BCUT2D eigenvalue weighted by molar-refractivity contribution is -0.137. The molecule has 1 N–H and O–H groups in total. The Balaban J connectivity index is 3.59.